The molecule has 1 aromatic heterocycles. The van der Waals surface area contributed by atoms with Crippen molar-refractivity contribution in [3.63, 3.8) is 0 Å². The minimum Gasteiger partial charge on any atom is -0.317 e. The molecule has 0 saturated heterocycles. The van der Waals surface area contributed by atoms with Gasteiger partial charge >= 0.3 is 0 Å². The van der Waals surface area contributed by atoms with E-state index in [0.29, 0.717) is 5.75 Å². The zero-order valence-electron chi connectivity index (χ0n) is 17.6. The van der Waals surface area contributed by atoms with Crippen LogP contribution in [-0.2, 0) is 4.79 Å². The molecule has 150 valence electrons. The summed E-state index contributed by atoms with van der Waals surface area (Å²) in [7, 11) is 0. The van der Waals surface area contributed by atoms with E-state index in [1.807, 2.05) is 31.2 Å². The number of amides is 1. The number of aromatic nitrogens is 1. The molecule has 0 atom stereocenters. The largest absolute Gasteiger partial charge is 0.317 e. The van der Waals surface area contributed by atoms with E-state index in [2.05, 4.69) is 67.1 Å². The zero-order chi connectivity index (χ0) is 21.0. The van der Waals surface area contributed by atoms with Crippen LogP contribution in [0.4, 0.5) is 0 Å². The molecule has 0 aliphatic rings. The third-order valence-corrected chi connectivity index (χ3v) is 5.93. The molecule has 1 heterocycles. The van der Waals surface area contributed by atoms with E-state index in [1.54, 1.807) is 6.21 Å². The van der Waals surface area contributed by atoms with E-state index < -0.39 is 0 Å². The number of hydrogen-bond donors (Lipinski definition) is 1. The minimum absolute atomic E-state index is 0.115. The third kappa shape index (κ3) is 4.98. The average molecular weight is 406 g/mol. The van der Waals surface area contributed by atoms with Crippen LogP contribution in [0.5, 0.6) is 0 Å². The van der Waals surface area contributed by atoms with Gasteiger partial charge in [0.2, 0.25) is 5.91 Å². The summed E-state index contributed by atoms with van der Waals surface area (Å²) in [5.41, 5.74) is 10.8. The maximum Gasteiger partial charge on any atom is 0.250 e. The number of thioether (sulfide) groups is 1. The van der Waals surface area contributed by atoms with Crippen LogP contribution in [0.3, 0.4) is 0 Å². The molecule has 0 fully saturated rings. The van der Waals surface area contributed by atoms with Crippen LogP contribution in [0.2, 0.25) is 0 Å². The van der Waals surface area contributed by atoms with Crippen molar-refractivity contribution in [2.45, 2.75) is 39.5 Å². The summed E-state index contributed by atoms with van der Waals surface area (Å²) in [5.74, 6) is 0.220. The molecule has 0 aliphatic heterocycles. The predicted molar refractivity (Wildman–Crippen MR) is 122 cm³/mol. The summed E-state index contributed by atoms with van der Waals surface area (Å²) in [5, 5.41) is 4.17. The van der Waals surface area contributed by atoms with E-state index in [9.17, 15) is 4.79 Å². The lowest BCUT2D eigenvalue weighted by Gasteiger charge is -2.15. The summed E-state index contributed by atoms with van der Waals surface area (Å²) < 4.78 is 2.25. The van der Waals surface area contributed by atoms with E-state index >= 15 is 0 Å². The summed E-state index contributed by atoms with van der Waals surface area (Å²) in [4.78, 5) is 13.2. The van der Waals surface area contributed by atoms with Gasteiger partial charge in [-0.25, -0.2) is 5.43 Å². The fourth-order valence-corrected chi connectivity index (χ4v) is 4.10. The number of para-hydroxylation sites is 1. The molecule has 3 aromatic rings. The first-order valence-electron chi connectivity index (χ1n) is 9.63. The number of carbonyl (C=O) groups excluding carboxylic acids is 1. The van der Waals surface area contributed by atoms with E-state index in [0.717, 1.165) is 21.8 Å². The highest BCUT2D eigenvalue weighted by atomic mass is 32.2. The van der Waals surface area contributed by atoms with Crippen LogP contribution >= 0.6 is 11.8 Å². The van der Waals surface area contributed by atoms with Gasteiger partial charge in [0.15, 0.2) is 0 Å². The predicted octanol–water partition coefficient (Wildman–Crippen LogP) is 5.26. The second-order valence-corrected chi connectivity index (χ2v) is 8.35. The standard InChI is InChI=1S/C24H27N3OS/c1-16-9-11-22(12-10-16)29-15-23(28)26-25-14-21-13-19(4)27(20(21)5)24-17(2)7-6-8-18(24)3/h6-14H,15H2,1-5H3,(H,26,28)/b25-14-. The monoisotopic (exact) mass is 405 g/mol. The van der Waals surface area contributed by atoms with Crippen LogP contribution in [0.25, 0.3) is 5.69 Å². The Kier molecular flexibility index (Phi) is 6.60. The molecule has 0 radical (unpaired) electrons. The Morgan fingerprint density at radius 1 is 1.03 bits per heavy atom. The smallest absolute Gasteiger partial charge is 0.250 e. The van der Waals surface area contributed by atoms with Crippen LogP contribution in [0, 0.1) is 34.6 Å². The number of hydrogen-bond acceptors (Lipinski definition) is 3. The van der Waals surface area contributed by atoms with Crippen LogP contribution in [-0.4, -0.2) is 22.4 Å². The van der Waals surface area contributed by atoms with E-state index in [4.69, 9.17) is 0 Å². The van der Waals surface area contributed by atoms with Crippen molar-refractivity contribution in [2.24, 2.45) is 5.10 Å². The Morgan fingerprint density at radius 2 is 1.69 bits per heavy atom. The lowest BCUT2D eigenvalue weighted by atomic mass is 10.1. The lowest BCUT2D eigenvalue weighted by Crippen LogP contribution is -2.19. The van der Waals surface area contributed by atoms with E-state index in [-0.39, 0.29) is 5.91 Å². The van der Waals surface area contributed by atoms with Gasteiger partial charge in [-0.2, -0.15) is 5.10 Å². The quantitative estimate of drug-likeness (QED) is 0.345. The molecule has 0 aliphatic carbocycles. The van der Waals surface area contributed by atoms with Crippen molar-refractivity contribution in [3.05, 3.63) is 82.2 Å². The summed E-state index contributed by atoms with van der Waals surface area (Å²) >= 11 is 1.50. The van der Waals surface area contributed by atoms with Gasteiger partial charge in [-0.3, -0.25) is 4.79 Å². The third-order valence-electron chi connectivity index (χ3n) is 4.92. The Bertz CT molecular complexity index is 1030. The molecule has 29 heavy (non-hydrogen) atoms. The molecule has 1 N–H and O–H groups in total. The molecule has 0 unspecified atom stereocenters. The van der Waals surface area contributed by atoms with Gasteiger partial charge in [-0.1, -0.05) is 35.9 Å². The molecular weight excluding hydrogens is 378 g/mol. The molecule has 1 amide bonds. The summed E-state index contributed by atoms with van der Waals surface area (Å²) in [6.07, 6.45) is 1.72. The Hall–Kier alpha value is -2.79. The van der Waals surface area contributed by atoms with Gasteiger partial charge in [-0.15, -0.1) is 11.8 Å². The SMILES string of the molecule is Cc1ccc(SCC(=O)N/N=C\c2cc(C)n(-c3c(C)cccc3C)c2C)cc1. The topological polar surface area (TPSA) is 46.4 Å². The number of rotatable bonds is 6. The maximum absolute atomic E-state index is 12.1. The van der Waals surface area contributed by atoms with Crippen LogP contribution < -0.4 is 5.43 Å². The molecule has 2 aromatic carbocycles. The number of carbonyl (C=O) groups is 1. The highest BCUT2D eigenvalue weighted by molar-refractivity contribution is 8.00. The molecule has 0 bridgehead atoms. The number of aryl methyl sites for hydroxylation is 4. The highest BCUT2D eigenvalue weighted by Crippen LogP contribution is 2.25. The van der Waals surface area contributed by atoms with Crippen molar-refractivity contribution < 1.29 is 4.79 Å². The first kappa shape index (κ1) is 20.9. The van der Waals surface area contributed by atoms with E-state index in [1.165, 1.54) is 34.1 Å². The number of hydrazone groups is 1. The van der Waals surface area contributed by atoms with Crippen LogP contribution in [0.1, 0.15) is 33.6 Å². The molecule has 3 rings (SSSR count). The fraction of sp³-hybridized carbons (Fsp3) is 0.250. The number of benzene rings is 2. The summed E-state index contributed by atoms with van der Waals surface area (Å²) in [6.45, 7) is 10.5. The Balaban J connectivity index is 1.67. The van der Waals surface area contributed by atoms with Crippen molar-refractivity contribution in [1.29, 1.82) is 0 Å². The van der Waals surface area contributed by atoms with Gasteiger partial charge in [0, 0.05) is 21.8 Å². The zero-order valence-corrected chi connectivity index (χ0v) is 18.4. The van der Waals surface area contributed by atoms with Gasteiger partial charge in [0.25, 0.3) is 0 Å². The molecule has 4 nitrogen and oxygen atoms in total. The van der Waals surface area contributed by atoms with Gasteiger partial charge in [0.05, 0.1) is 17.7 Å². The molecular formula is C24H27N3OS. The number of nitrogens with zero attached hydrogens (tertiary/aromatic N) is 2. The lowest BCUT2D eigenvalue weighted by molar-refractivity contribution is -0.118. The minimum atomic E-state index is -0.115. The van der Waals surface area contributed by atoms with Gasteiger partial charge in [0.1, 0.15) is 0 Å². The first-order chi connectivity index (χ1) is 13.9. The Labute approximate surface area is 177 Å². The van der Waals surface area contributed by atoms with Crippen molar-refractivity contribution in [2.75, 3.05) is 5.75 Å². The van der Waals surface area contributed by atoms with Crippen molar-refractivity contribution in [3.8, 4) is 5.69 Å². The molecule has 0 spiro atoms. The van der Waals surface area contributed by atoms with Gasteiger partial charge < -0.3 is 4.57 Å². The maximum atomic E-state index is 12.1. The normalized spacial score (nSPS) is 11.2. The fourth-order valence-electron chi connectivity index (χ4n) is 3.41. The van der Waals surface area contributed by atoms with Gasteiger partial charge in [-0.05, 0) is 63.9 Å². The van der Waals surface area contributed by atoms with Crippen molar-refractivity contribution in [1.82, 2.24) is 9.99 Å². The van der Waals surface area contributed by atoms with Crippen LogP contribution in [0.15, 0.2) is 58.5 Å². The molecule has 5 heteroatoms. The Morgan fingerprint density at radius 3 is 2.34 bits per heavy atom. The average Bonchev–Trinajstić information content (AvgIpc) is 2.95. The second kappa shape index (κ2) is 9.14. The summed E-state index contributed by atoms with van der Waals surface area (Å²) in [6, 6.07) is 16.6. The number of nitrogens with one attached hydrogen (secondary N) is 1. The highest BCUT2D eigenvalue weighted by Gasteiger charge is 2.13. The molecule has 0 saturated carbocycles. The first-order valence-corrected chi connectivity index (χ1v) is 10.6. The second-order valence-electron chi connectivity index (χ2n) is 7.30. The van der Waals surface area contributed by atoms with Crippen molar-refractivity contribution >= 4 is 23.9 Å².